The van der Waals surface area contributed by atoms with Gasteiger partial charge in [0.1, 0.15) is 0 Å². The molecular formula is C19H22ClN3O. The minimum atomic E-state index is -0.227. The van der Waals surface area contributed by atoms with Crippen molar-refractivity contribution in [3.8, 4) is 0 Å². The third-order valence-electron chi connectivity index (χ3n) is 3.78. The molecule has 2 aromatic rings. The van der Waals surface area contributed by atoms with Crippen LogP contribution < -0.4 is 15.8 Å². The van der Waals surface area contributed by atoms with Crippen LogP contribution in [0.4, 0.5) is 5.69 Å². The van der Waals surface area contributed by atoms with Gasteiger partial charge in [-0.05, 0) is 44.2 Å². The Kier molecular flexibility index (Phi) is 6.27. The number of carbonyl (C=O) groups excluding carboxylic acids is 1. The molecule has 0 spiro atoms. The second-order valence-corrected chi connectivity index (χ2v) is 5.66. The van der Waals surface area contributed by atoms with Crippen molar-refractivity contribution in [2.24, 2.45) is 0 Å². The number of halogens is 1. The number of hydrogen-bond acceptors (Lipinski definition) is 3. The van der Waals surface area contributed by atoms with E-state index in [1.165, 1.54) is 0 Å². The van der Waals surface area contributed by atoms with E-state index in [1.54, 1.807) is 6.07 Å². The van der Waals surface area contributed by atoms with Crippen molar-refractivity contribution in [1.29, 1.82) is 0 Å². The van der Waals surface area contributed by atoms with Crippen molar-refractivity contribution in [1.82, 2.24) is 10.9 Å². The van der Waals surface area contributed by atoms with Gasteiger partial charge < -0.3 is 4.90 Å². The summed E-state index contributed by atoms with van der Waals surface area (Å²) in [5, 5.41) is 0.577. The van der Waals surface area contributed by atoms with Crippen molar-refractivity contribution in [2.45, 2.75) is 13.8 Å². The van der Waals surface area contributed by atoms with Crippen LogP contribution in [0.1, 0.15) is 29.8 Å². The fraction of sp³-hybridized carbons (Fsp3) is 0.211. The van der Waals surface area contributed by atoms with Crippen LogP contribution in [0, 0.1) is 0 Å². The second-order valence-electron chi connectivity index (χ2n) is 5.26. The highest BCUT2D eigenvalue weighted by Crippen LogP contribution is 2.20. The van der Waals surface area contributed by atoms with E-state index in [2.05, 4.69) is 36.2 Å². The van der Waals surface area contributed by atoms with Crippen molar-refractivity contribution < 1.29 is 4.79 Å². The highest BCUT2D eigenvalue weighted by atomic mass is 35.5. The summed E-state index contributed by atoms with van der Waals surface area (Å²) in [5.74, 6) is -0.227. The summed E-state index contributed by atoms with van der Waals surface area (Å²) in [4.78, 5) is 14.4. The first-order valence-corrected chi connectivity index (χ1v) is 8.29. The Morgan fingerprint density at radius 3 is 2.25 bits per heavy atom. The summed E-state index contributed by atoms with van der Waals surface area (Å²) in [6.45, 7) is 9.97. The molecule has 0 aliphatic carbocycles. The van der Waals surface area contributed by atoms with Gasteiger partial charge in [-0.2, -0.15) is 0 Å². The Bertz CT molecular complexity index is 709. The minimum Gasteiger partial charge on any atom is -0.372 e. The number of amides is 1. The van der Waals surface area contributed by atoms with Crippen LogP contribution in [0.15, 0.2) is 55.1 Å². The summed E-state index contributed by atoms with van der Waals surface area (Å²) >= 11 is 6.11. The molecule has 0 fully saturated rings. The molecule has 0 bridgehead atoms. The Hall–Kier alpha value is -2.46. The highest BCUT2D eigenvalue weighted by Gasteiger charge is 2.09. The van der Waals surface area contributed by atoms with E-state index >= 15 is 0 Å². The summed E-state index contributed by atoms with van der Waals surface area (Å²) in [6.07, 6.45) is 0. The predicted molar refractivity (Wildman–Crippen MR) is 101 cm³/mol. The van der Waals surface area contributed by atoms with Crippen LogP contribution in [0.25, 0.3) is 5.70 Å². The number of nitrogens with zero attached hydrogens (tertiary/aromatic N) is 1. The number of hydrazine groups is 1. The first kappa shape index (κ1) is 17.9. The highest BCUT2D eigenvalue weighted by molar-refractivity contribution is 6.32. The van der Waals surface area contributed by atoms with Crippen LogP contribution in [0.5, 0.6) is 0 Å². The number of benzene rings is 2. The van der Waals surface area contributed by atoms with Gasteiger partial charge in [0.25, 0.3) is 5.91 Å². The molecule has 5 heteroatoms. The van der Waals surface area contributed by atoms with Gasteiger partial charge in [-0.15, -0.1) is 0 Å². The van der Waals surface area contributed by atoms with E-state index in [1.807, 2.05) is 42.5 Å². The van der Waals surface area contributed by atoms with Crippen LogP contribution in [-0.4, -0.2) is 19.0 Å². The zero-order valence-electron chi connectivity index (χ0n) is 14.0. The average molecular weight is 344 g/mol. The Labute approximate surface area is 148 Å². The maximum atomic E-state index is 12.2. The normalized spacial score (nSPS) is 10.1. The van der Waals surface area contributed by atoms with Gasteiger partial charge >= 0.3 is 0 Å². The molecule has 0 saturated carbocycles. The minimum absolute atomic E-state index is 0.227. The van der Waals surface area contributed by atoms with E-state index < -0.39 is 0 Å². The first-order chi connectivity index (χ1) is 11.6. The third-order valence-corrected chi connectivity index (χ3v) is 4.11. The predicted octanol–water partition coefficient (Wildman–Crippen LogP) is 4.09. The molecule has 0 aromatic heterocycles. The molecule has 24 heavy (non-hydrogen) atoms. The summed E-state index contributed by atoms with van der Waals surface area (Å²) < 4.78 is 0. The van der Waals surface area contributed by atoms with Crippen LogP contribution in [-0.2, 0) is 0 Å². The smallest absolute Gasteiger partial charge is 0.269 e. The van der Waals surface area contributed by atoms with E-state index in [4.69, 9.17) is 11.6 Å². The van der Waals surface area contributed by atoms with Crippen molar-refractivity contribution in [3.05, 3.63) is 71.3 Å². The average Bonchev–Trinajstić information content (AvgIpc) is 2.61. The van der Waals surface area contributed by atoms with Crippen molar-refractivity contribution >= 4 is 28.9 Å². The summed E-state index contributed by atoms with van der Waals surface area (Å²) in [7, 11) is 0. The maximum absolute atomic E-state index is 12.2. The lowest BCUT2D eigenvalue weighted by molar-refractivity contribution is 0.0942. The fourth-order valence-electron chi connectivity index (χ4n) is 2.39. The third kappa shape index (κ3) is 4.30. The molecule has 2 rings (SSSR count). The van der Waals surface area contributed by atoms with Gasteiger partial charge in [0.05, 0.1) is 5.70 Å². The molecule has 0 atom stereocenters. The maximum Gasteiger partial charge on any atom is 0.269 e. The van der Waals surface area contributed by atoms with E-state index in [0.29, 0.717) is 16.3 Å². The molecule has 0 unspecified atom stereocenters. The van der Waals surface area contributed by atoms with Crippen molar-refractivity contribution in [2.75, 3.05) is 18.0 Å². The zero-order chi connectivity index (χ0) is 17.5. The monoisotopic (exact) mass is 343 g/mol. The van der Waals surface area contributed by atoms with Gasteiger partial charge in [-0.3, -0.25) is 15.6 Å². The second kappa shape index (κ2) is 8.41. The fourth-order valence-corrected chi connectivity index (χ4v) is 2.64. The Morgan fingerprint density at radius 1 is 1.04 bits per heavy atom. The van der Waals surface area contributed by atoms with Gasteiger partial charge in [-0.1, -0.05) is 36.4 Å². The lowest BCUT2D eigenvalue weighted by atomic mass is 10.2. The van der Waals surface area contributed by atoms with Gasteiger partial charge in [0.2, 0.25) is 0 Å². The molecule has 126 valence electrons. The zero-order valence-corrected chi connectivity index (χ0v) is 14.7. The standard InChI is InChI=1S/C19H22ClN3O/c1-4-23(5-2)16-12-10-15(11-13-16)19(24)22-21-14(3)17-8-6-7-9-18(17)20/h6-13,21H,3-5H2,1-2H3,(H,22,24). The molecule has 0 saturated heterocycles. The number of anilines is 1. The molecule has 4 nitrogen and oxygen atoms in total. The first-order valence-electron chi connectivity index (χ1n) is 7.92. The van der Waals surface area contributed by atoms with Crippen LogP contribution in [0.2, 0.25) is 5.02 Å². The van der Waals surface area contributed by atoms with Crippen LogP contribution in [0.3, 0.4) is 0 Å². The molecule has 1 amide bonds. The summed E-state index contributed by atoms with van der Waals surface area (Å²) in [6, 6.07) is 14.8. The largest absolute Gasteiger partial charge is 0.372 e. The van der Waals surface area contributed by atoms with Gasteiger partial charge in [-0.25, -0.2) is 0 Å². The lowest BCUT2D eigenvalue weighted by Gasteiger charge is -2.21. The van der Waals surface area contributed by atoms with Gasteiger partial charge in [0, 0.05) is 34.9 Å². The SMILES string of the molecule is C=C(NNC(=O)c1ccc(N(CC)CC)cc1)c1ccccc1Cl. The molecular weight excluding hydrogens is 322 g/mol. The molecule has 0 aliphatic rings. The molecule has 0 radical (unpaired) electrons. The molecule has 0 aliphatic heterocycles. The number of carbonyl (C=O) groups is 1. The van der Waals surface area contributed by atoms with E-state index in [0.717, 1.165) is 24.3 Å². The van der Waals surface area contributed by atoms with Crippen LogP contribution >= 0.6 is 11.6 Å². The topological polar surface area (TPSA) is 44.4 Å². The number of nitrogens with one attached hydrogen (secondary N) is 2. The van der Waals surface area contributed by atoms with Crippen molar-refractivity contribution in [3.63, 3.8) is 0 Å². The van der Waals surface area contributed by atoms with Gasteiger partial charge in [0.15, 0.2) is 0 Å². The molecule has 2 N–H and O–H groups in total. The Balaban J connectivity index is 1.98. The Morgan fingerprint density at radius 2 is 1.67 bits per heavy atom. The molecule has 0 heterocycles. The number of rotatable bonds is 7. The lowest BCUT2D eigenvalue weighted by Crippen LogP contribution is -2.35. The number of hydrogen-bond donors (Lipinski definition) is 2. The quantitative estimate of drug-likeness (QED) is 0.744. The van der Waals surface area contributed by atoms with E-state index in [-0.39, 0.29) is 5.91 Å². The molecule has 2 aromatic carbocycles. The summed E-state index contributed by atoms with van der Waals surface area (Å²) in [5.41, 5.74) is 8.41. The van der Waals surface area contributed by atoms with E-state index in [9.17, 15) is 4.79 Å².